The minimum Gasteiger partial charge on any atom is -0.0591 e. The lowest BCUT2D eigenvalue weighted by atomic mass is 9.47. The van der Waals surface area contributed by atoms with E-state index >= 15 is 0 Å². The Morgan fingerprint density at radius 1 is 0.917 bits per heavy atom. The van der Waals surface area contributed by atoms with Crippen molar-refractivity contribution in [2.45, 2.75) is 45.4 Å². The molecule has 1 spiro atoms. The third-order valence-electron chi connectivity index (χ3n) is 6.01. The molecule has 0 saturated heterocycles. The summed E-state index contributed by atoms with van der Waals surface area (Å²) in [7, 11) is 0. The Kier molecular flexibility index (Phi) is 0.811. The molecule has 4 rings (SSSR count). The molecule has 3 bridgehead atoms. The molecule has 4 saturated carbocycles. The second-order valence-electron chi connectivity index (χ2n) is 6.43. The molecule has 0 heteroatoms. The lowest BCUT2D eigenvalue weighted by Gasteiger charge is -2.57. The summed E-state index contributed by atoms with van der Waals surface area (Å²) in [5.74, 6) is 3.50. The van der Waals surface area contributed by atoms with E-state index in [-0.39, 0.29) is 0 Å². The van der Waals surface area contributed by atoms with Crippen LogP contribution in [-0.2, 0) is 0 Å². The van der Waals surface area contributed by atoms with Crippen molar-refractivity contribution in [3.63, 3.8) is 0 Å². The van der Waals surface area contributed by atoms with Crippen LogP contribution in [0.25, 0.3) is 0 Å². The second-order valence-corrected chi connectivity index (χ2v) is 6.43. The van der Waals surface area contributed by atoms with E-state index in [2.05, 4.69) is 6.92 Å². The van der Waals surface area contributed by atoms with E-state index in [1.807, 2.05) is 0 Å². The van der Waals surface area contributed by atoms with Crippen molar-refractivity contribution < 1.29 is 0 Å². The SMILES string of the molecule is CC12CC3CC4CC(C1)C2(C4)C3. The fraction of sp³-hybridized carbons (Fsp3) is 1.00. The zero-order valence-corrected chi connectivity index (χ0v) is 7.97. The molecule has 5 unspecified atom stereocenters. The first-order valence-electron chi connectivity index (χ1n) is 5.72. The average molecular weight is 162 g/mol. The lowest BCUT2D eigenvalue weighted by molar-refractivity contribution is -0.0853. The van der Waals surface area contributed by atoms with Crippen LogP contribution in [-0.4, -0.2) is 0 Å². The molecule has 0 N–H and O–H groups in total. The van der Waals surface area contributed by atoms with E-state index in [0.717, 1.165) is 22.7 Å². The monoisotopic (exact) mass is 162 g/mol. The molecule has 0 nitrogen and oxygen atoms in total. The van der Waals surface area contributed by atoms with Crippen LogP contribution >= 0.6 is 0 Å². The van der Waals surface area contributed by atoms with Crippen LogP contribution in [0.15, 0.2) is 0 Å². The predicted molar refractivity (Wildman–Crippen MR) is 48.7 cm³/mol. The van der Waals surface area contributed by atoms with Gasteiger partial charge in [0.15, 0.2) is 0 Å². The van der Waals surface area contributed by atoms with Crippen molar-refractivity contribution in [2.75, 3.05) is 0 Å². The van der Waals surface area contributed by atoms with Gasteiger partial charge in [0.05, 0.1) is 0 Å². The summed E-state index contributed by atoms with van der Waals surface area (Å²) < 4.78 is 0. The topological polar surface area (TPSA) is 0 Å². The fourth-order valence-corrected chi connectivity index (χ4v) is 5.85. The molecule has 0 aliphatic heterocycles. The van der Waals surface area contributed by atoms with Gasteiger partial charge in [-0.05, 0) is 67.1 Å². The van der Waals surface area contributed by atoms with Crippen LogP contribution in [0.2, 0.25) is 0 Å². The van der Waals surface area contributed by atoms with Crippen LogP contribution in [0.4, 0.5) is 0 Å². The summed E-state index contributed by atoms with van der Waals surface area (Å²) in [6, 6.07) is 0. The van der Waals surface area contributed by atoms with Crippen molar-refractivity contribution in [2.24, 2.45) is 28.6 Å². The summed E-state index contributed by atoms with van der Waals surface area (Å²) >= 11 is 0. The smallest absolute Gasteiger partial charge is 0.0210 e. The molecule has 66 valence electrons. The van der Waals surface area contributed by atoms with Gasteiger partial charge < -0.3 is 0 Å². The highest BCUT2D eigenvalue weighted by atomic mass is 14.8. The van der Waals surface area contributed by atoms with Crippen LogP contribution < -0.4 is 0 Å². The molecule has 4 aliphatic rings. The fourth-order valence-electron chi connectivity index (χ4n) is 5.85. The molecule has 0 radical (unpaired) electrons. The highest BCUT2D eigenvalue weighted by Gasteiger charge is 2.72. The van der Waals surface area contributed by atoms with Crippen molar-refractivity contribution in [1.29, 1.82) is 0 Å². The number of hydrogen-bond donors (Lipinski definition) is 0. The summed E-state index contributed by atoms with van der Waals surface area (Å²) in [6.45, 7) is 2.59. The highest BCUT2D eigenvalue weighted by Crippen LogP contribution is 2.80. The van der Waals surface area contributed by atoms with Gasteiger partial charge in [0.2, 0.25) is 0 Å². The molecule has 0 heterocycles. The Labute approximate surface area is 74.7 Å². The number of hydrogen-bond acceptors (Lipinski definition) is 0. The van der Waals surface area contributed by atoms with Gasteiger partial charge in [-0.15, -0.1) is 0 Å². The third-order valence-corrected chi connectivity index (χ3v) is 6.01. The lowest BCUT2D eigenvalue weighted by Crippen LogP contribution is -2.50. The van der Waals surface area contributed by atoms with Crippen molar-refractivity contribution in [1.82, 2.24) is 0 Å². The van der Waals surface area contributed by atoms with Crippen molar-refractivity contribution in [3.05, 3.63) is 0 Å². The highest BCUT2D eigenvalue weighted by molar-refractivity contribution is 5.21. The Bertz CT molecular complexity index is 251. The van der Waals surface area contributed by atoms with Gasteiger partial charge in [0.1, 0.15) is 0 Å². The maximum Gasteiger partial charge on any atom is -0.0210 e. The third kappa shape index (κ3) is 0.438. The maximum absolute atomic E-state index is 2.59. The first kappa shape index (κ1) is 6.45. The molecule has 0 aromatic rings. The van der Waals surface area contributed by atoms with Crippen LogP contribution in [0, 0.1) is 28.6 Å². The summed E-state index contributed by atoms with van der Waals surface area (Å²) in [5, 5.41) is 0. The quantitative estimate of drug-likeness (QED) is 0.513. The molecule has 12 heavy (non-hydrogen) atoms. The number of rotatable bonds is 0. The average Bonchev–Trinajstić information content (AvgIpc) is 2.29. The number of fused-ring (bicyclic) bond motifs is 2. The Morgan fingerprint density at radius 3 is 2.67 bits per heavy atom. The largest absolute Gasteiger partial charge is 0.0591 e. The minimum atomic E-state index is 0.827. The van der Waals surface area contributed by atoms with Gasteiger partial charge in [-0.25, -0.2) is 0 Å². The molecule has 5 atom stereocenters. The first-order chi connectivity index (χ1) is 5.72. The standard InChI is InChI=1S/C12H18/c1-11-4-9-2-8-3-10(7-11)12(11,5-8)6-9/h8-10H,2-7H2,1H3. The summed E-state index contributed by atoms with van der Waals surface area (Å²) in [6.07, 6.45) is 9.68. The second kappa shape index (κ2) is 1.51. The molecule has 4 fully saturated rings. The molecule has 4 aliphatic carbocycles. The first-order valence-corrected chi connectivity index (χ1v) is 5.72. The van der Waals surface area contributed by atoms with E-state index in [1.165, 1.54) is 5.92 Å². The van der Waals surface area contributed by atoms with Gasteiger partial charge in [-0.2, -0.15) is 0 Å². The zero-order valence-electron chi connectivity index (χ0n) is 7.97. The van der Waals surface area contributed by atoms with Gasteiger partial charge in [0, 0.05) is 0 Å². The van der Waals surface area contributed by atoms with Gasteiger partial charge in [-0.1, -0.05) is 6.92 Å². The Morgan fingerprint density at radius 2 is 1.75 bits per heavy atom. The Balaban J connectivity index is 1.91. The van der Waals surface area contributed by atoms with E-state index in [4.69, 9.17) is 0 Å². The zero-order chi connectivity index (χ0) is 7.97. The van der Waals surface area contributed by atoms with Gasteiger partial charge in [-0.3, -0.25) is 0 Å². The van der Waals surface area contributed by atoms with Gasteiger partial charge >= 0.3 is 0 Å². The summed E-state index contributed by atoms with van der Waals surface area (Å²) in [5.41, 5.74) is 1.73. The molecular formula is C12H18. The minimum absolute atomic E-state index is 0.827. The van der Waals surface area contributed by atoms with E-state index in [1.54, 1.807) is 38.5 Å². The van der Waals surface area contributed by atoms with Crippen LogP contribution in [0.5, 0.6) is 0 Å². The van der Waals surface area contributed by atoms with E-state index < -0.39 is 0 Å². The normalized spacial score (nSPS) is 71.2. The molecular weight excluding hydrogens is 144 g/mol. The Hall–Kier alpha value is 0. The maximum atomic E-state index is 2.59. The van der Waals surface area contributed by atoms with E-state index in [9.17, 15) is 0 Å². The molecule has 0 amide bonds. The molecule has 0 aromatic carbocycles. The van der Waals surface area contributed by atoms with Crippen molar-refractivity contribution >= 4 is 0 Å². The summed E-state index contributed by atoms with van der Waals surface area (Å²) in [4.78, 5) is 0. The molecule has 0 aromatic heterocycles. The van der Waals surface area contributed by atoms with Crippen molar-refractivity contribution in [3.8, 4) is 0 Å². The predicted octanol–water partition coefficient (Wildman–Crippen LogP) is 3.22. The van der Waals surface area contributed by atoms with Gasteiger partial charge in [0.25, 0.3) is 0 Å². The van der Waals surface area contributed by atoms with Crippen LogP contribution in [0.1, 0.15) is 45.4 Å². The van der Waals surface area contributed by atoms with E-state index in [0.29, 0.717) is 0 Å². The van der Waals surface area contributed by atoms with Crippen LogP contribution in [0.3, 0.4) is 0 Å².